The third-order valence-electron chi connectivity index (χ3n) is 3.48. The number of halogens is 1. The van der Waals surface area contributed by atoms with E-state index in [1.165, 1.54) is 33.5 Å². The molecule has 0 bridgehead atoms. The molecule has 2 aromatic heterocycles. The molecule has 2 heterocycles. The maximum atomic E-state index is 3.53. The molecular formula is C14H16BrNS2. The lowest BCUT2D eigenvalue weighted by molar-refractivity contribution is 0.606. The Morgan fingerprint density at radius 3 is 2.94 bits per heavy atom. The third kappa shape index (κ3) is 2.57. The van der Waals surface area contributed by atoms with Crippen molar-refractivity contribution in [2.24, 2.45) is 0 Å². The van der Waals surface area contributed by atoms with Crippen LogP contribution in [0.15, 0.2) is 22.0 Å². The van der Waals surface area contributed by atoms with Gasteiger partial charge in [-0.05, 0) is 59.9 Å². The smallest absolute Gasteiger partial charge is 0.0461 e. The summed E-state index contributed by atoms with van der Waals surface area (Å²) in [6.45, 7) is 0. The van der Waals surface area contributed by atoms with E-state index in [1.807, 2.05) is 22.7 Å². The zero-order valence-corrected chi connectivity index (χ0v) is 13.6. The number of hydrogen-bond acceptors (Lipinski definition) is 3. The van der Waals surface area contributed by atoms with E-state index in [-0.39, 0.29) is 0 Å². The largest absolute Gasteiger partial charge is 0.312 e. The fourth-order valence-corrected chi connectivity index (χ4v) is 5.40. The standard InChI is InChI=1S/C14H16BrNS2/c1-16-12(7-11-6-10(15)8-17-11)14-5-9-3-2-4-13(9)18-14/h5-6,8,12,16H,2-4,7H2,1H3. The monoisotopic (exact) mass is 341 g/mol. The van der Waals surface area contributed by atoms with Crippen LogP contribution in [0.1, 0.15) is 32.7 Å². The number of likely N-dealkylation sites (N-methyl/N-ethyl adjacent to an activating group) is 1. The van der Waals surface area contributed by atoms with E-state index in [0.717, 1.165) is 6.42 Å². The van der Waals surface area contributed by atoms with Crippen molar-refractivity contribution in [2.75, 3.05) is 7.05 Å². The molecule has 2 aromatic rings. The Kier molecular flexibility index (Phi) is 3.89. The second kappa shape index (κ2) is 5.45. The van der Waals surface area contributed by atoms with Gasteiger partial charge in [0.25, 0.3) is 0 Å². The Bertz CT molecular complexity index is 522. The first-order valence-electron chi connectivity index (χ1n) is 6.28. The van der Waals surface area contributed by atoms with E-state index in [1.54, 1.807) is 10.4 Å². The van der Waals surface area contributed by atoms with Crippen LogP contribution in [0.5, 0.6) is 0 Å². The maximum absolute atomic E-state index is 3.53. The number of nitrogens with one attached hydrogen (secondary N) is 1. The molecule has 1 unspecified atom stereocenters. The highest BCUT2D eigenvalue weighted by atomic mass is 79.9. The SMILES string of the molecule is CNC(Cc1cc(Br)cs1)c1cc2c(s1)CCC2. The fourth-order valence-electron chi connectivity index (χ4n) is 2.53. The Morgan fingerprint density at radius 1 is 1.39 bits per heavy atom. The number of fused-ring (bicyclic) bond motifs is 1. The van der Waals surface area contributed by atoms with E-state index in [4.69, 9.17) is 0 Å². The molecule has 0 saturated heterocycles. The molecule has 0 aromatic carbocycles. The molecule has 1 nitrogen and oxygen atoms in total. The van der Waals surface area contributed by atoms with Crippen LogP contribution in [0.2, 0.25) is 0 Å². The third-order valence-corrected chi connectivity index (χ3v) is 6.56. The van der Waals surface area contributed by atoms with Gasteiger partial charge in [0.15, 0.2) is 0 Å². The van der Waals surface area contributed by atoms with Crippen LogP contribution in [0.25, 0.3) is 0 Å². The molecule has 0 fully saturated rings. The number of hydrogen-bond donors (Lipinski definition) is 1. The summed E-state index contributed by atoms with van der Waals surface area (Å²) in [6, 6.07) is 5.12. The normalized spacial score (nSPS) is 15.9. The summed E-state index contributed by atoms with van der Waals surface area (Å²) in [5.41, 5.74) is 1.60. The molecule has 3 rings (SSSR count). The predicted molar refractivity (Wildman–Crippen MR) is 83.9 cm³/mol. The van der Waals surface area contributed by atoms with Crippen molar-refractivity contribution in [3.63, 3.8) is 0 Å². The molecule has 1 atom stereocenters. The van der Waals surface area contributed by atoms with Crippen LogP contribution in [0.3, 0.4) is 0 Å². The molecule has 0 spiro atoms. The molecule has 18 heavy (non-hydrogen) atoms. The van der Waals surface area contributed by atoms with E-state index >= 15 is 0 Å². The summed E-state index contributed by atoms with van der Waals surface area (Å²) < 4.78 is 1.20. The van der Waals surface area contributed by atoms with Gasteiger partial charge in [0.1, 0.15) is 0 Å². The van der Waals surface area contributed by atoms with E-state index < -0.39 is 0 Å². The van der Waals surface area contributed by atoms with Gasteiger partial charge in [-0.3, -0.25) is 0 Å². The van der Waals surface area contributed by atoms with Crippen LogP contribution in [-0.2, 0) is 19.3 Å². The highest BCUT2D eigenvalue weighted by molar-refractivity contribution is 9.10. The second-order valence-electron chi connectivity index (χ2n) is 4.73. The van der Waals surface area contributed by atoms with Crippen LogP contribution in [-0.4, -0.2) is 7.05 Å². The zero-order valence-electron chi connectivity index (χ0n) is 10.3. The zero-order chi connectivity index (χ0) is 12.5. The Morgan fingerprint density at radius 2 is 2.28 bits per heavy atom. The minimum atomic E-state index is 0.464. The van der Waals surface area contributed by atoms with Gasteiger partial charge in [0.05, 0.1) is 0 Å². The average molecular weight is 342 g/mol. The molecule has 1 N–H and O–H groups in total. The first-order valence-corrected chi connectivity index (χ1v) is 8.77. The number of thiophene rings is 2. The van der Waals surface area contributed by atoms with Gasteiger partial charge < -0.3 is 5.32 Å². The van der Waals surface area contributed by atoms with Crippen LogP contribution in [0, 0.1) is 0 Å². The molecule has 4 heteroatoms. The Labute approximate surface area is 124 Å². The predicted octanol–water partition coefficient (Wildman–Crippen LogP) is 4.56. The lowest BCUT2D eigenvalue weighted by Gasteiger charge is -2.13. The Hall–Kier alpha value is -0.160. The summed E-state index contributed by atoms with van der Waals surface area (Å²) in [4.78, 5) is 4.57. The molecule has 0 radical (unpaired) electrons. The molecule has 1 aliphatic rings. The lowest BCUT2D eigenvalue weighted by atomic mass is 10.1. The van der Waals surface area contributed by atoms with Crippen molar-refractivity contribution >= 4 is 38.6 Å². The lowest BCUT2D eigenvalue weighted by Crippen LogP contribution is -2.17. The summed E-state index contributed by atoms with van der Waals surface area (Å²) in [5, 5.41) is 5.63. The van der Waals surface area contributed by atoms with Gasteiger partial charge >= 0.3 is 0 Å². The van der Waals surface area contributed by atoms with Gasteiger partial charge in [-0.25, -0.2) is 0 Å². The van der Waals surface area contributed by atoms with Crippen molar-refractivity contribution in [3.8, 4) is 0 Å². The minimum Gasteiger partial charge on any atom is -0.312 e. The summed E-state index contributed by atoms with van der Waals surface area (Å²) >= 11 is 7.38. The summed E-state index contributed by atoms with van der Waals surface area (Å²) in [7, 11) is 2.07. The average Bonchev–Trinajstić information content (AvgIpc) is 3.00. The summed E-state index contributed by atoms with van der Waals surface area (Å²) in [5.74, 6) is 0. The molecule has 96 valence electrons. The van der Waals surface area contributed by atoms with E-state index in [9.17, 15) is 0 Å². The molecule has 1 aliphatic carbocycles. The molecule has 0 aliphatic heterocycles. The van der Waals surface area contributed by atoms with Crippen LogP contribution >= 0.6 is 38.6 Å². The van der Waals surface area contributed by atoms with Crippen LogP contribution < -0.4 is 5.32 Å². The highest BCUT2D eigenvalue weighted by Gasteiger charge is 2.19. The number of rotatable bonds is 4. The second-order valence-corrected chi connectivity index (χ2v) is 7.81. The first kappa shape index (κ1) is 12.9. The summed E-state index contributed by atoms with van der Waals surface area (Å²) in [6.07, 6.45) is 5.02. The van der Waals surface area contributed by atoms with Crippen molar-refractivity contribution in [2.45, 2.75) is 31.7 Å². The first-order chi connectivity index (χ1) is 8.76. The quantitative estimate of drug-likeness (QED) is 0.859. The van der Waals surface area contributed by atoms with Gasteiger partial charge in [-0.15, -0.1) is 22.7 Å². The fraction of sp³-hybridized carbons (Fsp3) is 0.429. The van der Waals surface area contributed by atoms with E-state index in [2.05, 4.69) is 45.8 Å². The molecule has 0 saturated carbocycles. The van der Waals surface area contributed by atoms with Crippen molar-refractivity contribution in [3.05, 3.63) is 42.2 Å². The van der Waals surface area contributed by atoms with Crippen molar-refractivity contribution in [1.82, 2.24) is 5.32 Å². The minimum absolute atomic E-state index is 0.464. The number of aryl methyl sites for hydroxylation is 2. The van der Waals surface area contributed by atoms with E-state index in [0.29, 0.717) is 6.04 Å². The molecule has 0 amide bonds. The van der Waals surface area contributed by atoms with Gasteiger partial charge in [-0.2, -0.15) is 0 Å². The van der Waals surface area contributed by atoms with Crippen molar-refractivity contribution in [1.29, 1.82) is 0 Å². The van der Waals surface area contributed by atoms with Gasteiger partial charge in [-0.1, -0.05) is 0 Å². The topological polar surface area (TPSA) is 12.0 Å². The Balaban J connectivity index is 1.79. The van der Waals surface area contributed by atoms with Gasteiger partial charge in [0.2, 0.25) is 0 Å². The van der Waals surface area contributed by atoms with Crippen LogP contribution in [0.4, 0.5) is 0 Å². The van der Waals surface area contributed by atoms with Crippen molar-refractivity contribution < 1.29 is 0 Å². The highest BCUT2D eigenvalue weighted by Crippen LogP contribution is 2.35. The van der Waals surface area contributed by atoms with Gasteiger partial charge in [0, 0.05) is 36.9 Å². The molecular weight excluding hydrogens is 326 g/mol. The maximum Gasteiger partial charge on any atom is 0.0461 e.